The minimum absolute atomic E-state index is 0.416. The van der Waals surface area contributed by atoms with Gasteiger partial charge in [-0.15, -0.1) is 0 Å². The van der Waals surface area contributed by atoms with Gasteiger partial charge in [-0.05, 0) is 58.5 Å². The van der Waals surface area contributed by atoms with Gasteiger partial charge < -0.3 is 10.5 Å². The van der Waals surface area contributed by atoms with Gasteiger partial charge in [0.25, 0.3) is 0 Å². The minimum Gasteiger partial charge on any atom is -0.493 e. The zero-order valence-electron chi connectivity index (χ0n) is 11.8. The lowest BCUT2D eigenvalue weighted by atomic mass is 9.99. The maximum absolute atomic E-state index is 5.98. The summed E-state index contributed by atoms with van der Waals surface area (Å²) in [5.41, 5.74) is 10.4. The van der Waals surface area contributed by atoms with Gasteiger partial charge in [0.05, 0.1) is 6.61 Å². The second-order valence-corrected chi connectivity index (χ2v) is 5.91. The minimum atomic E-state index is 0.416. The van der Waals surface area contributed by atoms with Crippen LogP contribution in [0.5, 0.6) is 5.75 Å². The molecule has 0 radical (unpaired) electrons. The van der Waals surface area contributed by atoms with Crippen molar-refractivity contribution in [2.24, 2.45) is 0 Å². The Labute approximate surface area is 119 Å². The molecule has 102 valence electrons. The number of hydrogen-bond donors (Lipinski definition) is 1. The number of ether oxygens (including phenoxy) is 1. The van der Waals surface area contributed by atoms with E-state index in [2.05, 4.69) is 36.7 Å². The van der Waals surface area contributed by atoms with Crippen LogP contribution in [-0.4, -0.2) is 6.61 Å². The summed E-state index contributed by atoms with van der Waals surface area (Å²) in [4.78, 5) is 0. The fourth-order valence-electron chi connectivity index (χ4n) is 2.01. The zero-order valence-corrected chi connectivity index (χ0v) is 12.6. The number of aryl methyl sites for hydroxylation is 1. The van der Waals surface area contributed by atoms with E-state index in [-0.39, 0.29) is 0 Å². The first-order chi connectivity index (χ1) is 9.08. The van der Waals surface area contributed by atoms with Crippen LogP contribution >= 0.6 is 11.3 Å². The fraction of sp³-hybridized carbons (Fsp3) is 0.375. The second-order valence-electron chi connectivity index (χ2n) is 5.13. The number of anilines is 1. The van der Waals surface area contributed by atoms with Crippen LogP contribution < -0.4 is 10.5 Å². The van der Waals surface area contributed by atoms with E-state index in [0.717, 1.165) is 23.4 Å². The molecular formula is C16H21NOS. The van der Waals surface area contributed by atoms with Gasteiger partial charge in [0.2, 0.25) is 0 Å². The third kappa shape index (κ3) is 3.51. The number of rotatable bonds is 5. The molecule has 0 saturated heterocycles. The van der Waals surface area contributed by atoms with Crippen LogP contribution in [0.4, 0.5) is 5.69 Å². The summed E-state index contributed by atoms with van der Waals surface area (Å²) in [6.45, 7) is 7.05. The van der Waals surface area contributed by atoms with E-state index in [1.54, 1.807) is 11.3 Å². The lowest BCUT2D eigenvalue weighted by Crippen LogP contribution is -2.05. The molecule has 0 bridgehead atoms. The molecule has 2 N–H and O–H groups in total. The Bertz CT molecular complexity index is 532. The number of hydrogen-bond acceptors (Lipinski definition) is 3. The van der Waals surface area contributed by atoms with Crippen LogP contribution in [0.2, 0.25) is 0 Å². The van der Waals surface area contributed by atoms with Gasteiger partial charge in [-0.25, -0.2) is 0 Å². The molecular weight excluding hydrogens is 254 g/mol. The number of nitrogens with two attached hydrogens (primary N) is 1. The molecule has 19 heavy (non-hydrogen) atoms. The first-order valence-electron chi connectivity index (χ1n) is 6.62. The molecule has 1 heterocycles. The quantitative estimate of drug-likeness (QED) is 0.822. The van der Waals surface area contributed by atoms with Crippen LogP contribution in [-0.2, 0) is 6.42 Å². The number of thiophene rings is 1. The van der Waals surface area contributed by atoms with Crippen molar-refractivity contribution in [3.05, 3.63) is 45.6 Å². The molecule has 2 nitrogen and oxygen atoms in total. The monoisotopic (exact) mass is 275 g/mol. The maximum Gasteiger partial charge on any atom is 0.123 e. The molecule has 0 atom stereocenters. The summed E-state index contributed by atoms with van der Waals surface area (Å²) in [6, 6.07) is 6.24. The molecule has 0 saturated carbocycles. The first-order valence-corrected chi connectivity index (χ1v) is 7.56. The molecule has 1 aromatic carbocycles. The van der Waals surface area contributed by atoms with Crippen LogP contribution in [0.25, 0.3) is 0 Å². The van der Waals surface area contributed by atoms with Crippen molar-refractivity contribution >= 4 is 17.0 Å². The van der Waals surface area contributed by atoms with Crippen molar-refractivity contribution in [2.45, 2.75) is 33.1 Å². The average Bonchev–Trinajstić information content (AvgIpc) is 2.86. The summed E-state index contributed by atoms with van der Waals surface area (Å²) < 4.78 is 5.96. The van der Waals surface area contributed by atoms with Crippen molar-refractivity contribution in [3.8, 4) is 5.75 Å². The zero-order chi connectivity index (χ0) is 13.8. The largest absolute Gasteiger partial charge is 0.493 e. The van der Waals surface area contributed by atoms with Crippen molar-refractivity contribution in [1.29, 1.82) is 0 Å². The van der Waals surface area contributed by atoms with Gasteiger partial charge in [-0.1, -0.05) is 13.8 Å². The third-order valence-corrected chi connectivity index (χ3v) is 3.98. The van der Waals surface area contributed by atoms with Crippen molar-refractivity contribution < 1.29 is 4.74 Å². The summed E-state index contributed by atoms with van der Waals surface area (Å²) in [5, 5.41) is 4.27. The second kappa shape index (κ2) is 6.11. The van der Waals surface area contributed by atoms with Crippen LogP contribution in [0.3, 0.4) is 0 Å². The highest BCUT2D eigenvalue weighted by molar-refractivity contribution is 7.07. The number of nitrogen functional groups attached to an aromatic ring is 1. The standard InChI is InChI=1S/C16H21NOS/c1-11(2)14-9-15(17)12(3)8-16(14)18-6-4-13-5-7-19-10-13/h5,7-11H,4,6,17H2,1-3H3. The predicted molar refractivity (Wildman–Crippen MR) is 83.2 cm³/mol. The fourth-order valence-corrected chi connectivity index (χ4v) is 2.71. The third-order valence-electron chi connectivity index (χ3n) is 3.25. The SMILES string of the molecule is Cc1cc(OCCc2ccsc2)c(C(C)C)cc1N. The van der Waals surface area contributed by atoms with Gasteiger partial charge in [0.15, 0.2) is 0 Å². The van der Waals surface area contributed by atoms with E-state index in [9.17, 15) is 0 Å². The number of benzene rings is 1. The molecule has 0 amide bonds. The Morgan fingerprint density at radius 2 is 2.11 bits per heavy atom. The first kappa shape index (κ1) is 13.9. The smallest absolute Gasteiger partial charge is 0.123 e. The highest BCUT2D eigenvalue weighted by Gasteiger charge is 2.10. The molecule has 0 spiro atoms. The van der Waals surface area contributed by atoms with E-state index in [0.29, 0.717) is 12.5 Å². The van der Waals surface area contributed by atoms with E-state index in [1.807, 2.05) is 13.0 Å². The summed E-state index contributed by atoms with van der Waals surface area (Å²) >= 11 is 1.73. The van der Waals surface area contributed by atoms with Crippen molar-refractivity contribution in [1.82, 2.24) is 0 Å². The van der Waals surface area contributed by atoms with Crippen LogP contribution in [0.1, 0.15) is 36.5 Å². The molecule has 0 aliphatic heterocycles. The molecule has 0 unspecified atom stereocenters. The summed E-state index contributed by atoms with van der Waals surface area (Å²) in [7, 11) is 0. The molecule has 1 aromatic heterocycles. The molecule has 0 aliphatic carbocycles. The van der Waals surface area contributed by atoms with E-state index in [4.69, 9.17) is 10.5 Å². The molecule has 3 heteroatoms. The average molecular weight is 275 g/mol. The van der Waals surface area contributed by atoms with Gasteiger partial charge in [0, 0.05) is 12.1 Å². The predicted octanol–water partition coefficient (Wildman–Crippen LogP) is 4.38. The van der Waals surface area contributed by atoms with Crippen LogP contribution in [0, 0.1) is 6.92 Å². The highest BCUT2D eigenvalue weighted by Crippen LogP contribution is 2.31. The highest BCUT2D eigenvalue weighted by atomic mass is 32.1. The van der Waals surface area contributed by atoms with E-state index in [1.165, 1.54) is 11.1 Å². The Kier molecular flexibility index (Phi) is 4.48. The summed E-state index contributed by atoms with van der Waals surface area (Å²) in [6.07, 6.45) is 0.949. The van der Waals surface area contributed by atoms with E-state index < -0.39 is 0 Å². The Balaban J connectivity index is 2.08. The lowest BCUT2D eigenvalue weighted by molar-refractivity contribution is 0.317. The van der Waals surface area contributed by atoms with Gasteiger partial charge >= 0.3 is 0 Å². The topological polar surface area (TPSA) is 35.2 Å². The summed E-state index contributed by atoms with van der Waals surface area (Å²) in [5.74, 6) is 1.39. The molecule has 0 aliphatic rings. The molecule has 2 aromatic rings. The lowest BCUT2D eigenvalue weighted by Gasteiger charge is -2.16. The van der Waals surface area contributed by atoms with E-state index >= 15 is 0 Å². The van der Waals surface area contributed by atoms with Crippen molar-refractivity contribution in [3.63, 3.8) is 0 Å². The van der Waals surface area contributed by atoms with Gasteiger partial charge in [0.1, 0.15) is 5.75 Å². The van der Waals surface area contributed by atoms with Crippen molar-refractivity contribution in [2.75, 3.05) is 12.3 Å². The Morgan fingerprint density at radius 1 is 1.32 bits per heavy atom. The maximum atomic E-state index is 5.98. The molecule has 0 fully saturated rings. The van der Waals surface area contributed by atoms with Gasteiger partial charge in [-0.2, -0.15) is 11.3 Å². The van der Waals surface area contributed by atoms with Crippen LogP contribution in [0.15, 0.2) is 29.0 Å². The Hall–Kier alpha value is -1.48. The Morgan fingerprint density at radius 3 is 2.74 bits per heavy atom. The normalized spacial score (nSPS) is 10.9. The molecule has 2 rings (SSSR count). The van der Waals surface area contributed by atoms with Gasteiger partial charge in [-0.3, -0.25) is 0 Å².